The van der Waals surface area contributed by atoms with Gasteiger partial charge in [-0.2, -0.15) is 5.10 Å². The van der Waals surface area contributed by atoms with E-state index < -0.39 is 0 Å². The molecule has 2 rings (SSSR count). The Morgan fingerprint density at radius 2 is 2.33 bits per heavy atom. The lowest BCUT2D eigenvalue weighted by Gasteiger charge is -2.19. The third-order valence-corrected chi connectivity index (χ3v) is 2.61. The average Bonchev–Trinajstić information content (AvgIpc) is 2.17. The van der Waals surface area contributed by atoms with Crippen LogP contribution in [0, 0.1) is 5.92 Å². The maximum Gasteiger partial charge on any atom is 0.240 e. The first-order valence-electron chi connectivity index (χ1n) is 4.79. The zero-order valence-corrected chi connectivity index (χ0v) is 9.08. The lowest BCUT2D eigenvalue weighted by molar-refractivity contribution is -0.121. The molecule has 1 aromatic carbocycles. The van der Waals surface area contributed by atoms with E-state index in [9.17, 15) is 4.79 Å². The van der Waals surface area contributed by atoms with E-state index in [4.69, 9.17) is 11.6 Å². The van der Waals surface area contributed by atoms with E-state index in [1.165, 1.54) is 0 Å². The maximum atomic E-state index is 11.1. The Kier molecular flexibility index (Phi) is 2.73. The van der Waals surface area contributed by atoms with Crippen molar-refractivity contribution < 1.29 is 4.79 Å². The molecule has 1 unspecified atom stereocenters. The zero-order chi connectivity index (χ0) is 10.8. The van der Waals surface area contributed by atoms with Crippen LogP contribution in [0.1, 0.15) is 18.9 Å². The highest BCUT2D eigenvalue weighted by Gasteiger charge is 2.21. The van der Waals surface area contributed by atoms with Gasteiger partial charge in [0.15, 0.2) is 0 Å². The highest BCUT2D eigenvalue weighted by atomic mass is 35.5. The number of nitrogens with zero attached hydrogens (tertiary/aromatic N) is 1. The third kappa shape index (κ3) is 2.18. The number of amides is 1. The fourth-order valence-corrected chi connectivity index (χ4v) is 1.84. The van der Waals surface area contributed by atoms with Crippen molar-refractivity contribution in [1.82, 2.24) is 5.43 Å². The van der Waals surface area contributed by atoms with E-state index in [1.807, 2.05) is 31.2 Å². The number of rotatable bonds is 1. The standard InChI is InChI=1S/C11H11ClN2O/c1-7-5-10(15)13-14-11(7)8-3-2-4-9(12)6-8/h2-4,6-7H,5H2,1H3,(H,13,15). The van der Waals surface area contributed by atoms with Crippen LogP contribution in [0.25, 0.3) is 0 Å². The van der Waals surface area contributed by atoms with Crippen LogP contribution >= 0.6 is 11.6 Å². The van der Waals surface area contributed by atoms with Crippen molar-refractivity contribution in [3.63, 3.8) is 0 Å². The van der Waals surface area contributed by atoms with Crippen LogP contribution in [0.15, 0.2) is 29.4 Å². The number of carbonyl (C=O) groups is 1. The molecule has 0 aromatic heterocycles. The monoisotopic (exact) mass is 222 g/mol. The number of hydrogen-bond acceptors (Lipinski definition) is 2. The smallest absolute Gasteiger partial charge is 0.240 e. The Labute approximate surface area is 93.1 Å². The van der Waals surface area contributed by atoms with Gasteiger partial charge in [-0.1, -0.05) is 30.7 Å². The van der Waals surface area contributed by atoms with Crippen LogP contribution < -0.4 is 5.43 Å². The Hall–Kier alpha value is -1.35. The summed E-state index contributed by atoms with van der Waals surface area (Å²) in [5.74, 6) is 0.102. The van der Waals surface area contributed by atoms with Crippen LogP contribution in [0.3, 0.4) is 0 Å². The molecule has 78 valence electrons. The normalized spacial score (nSPS) is 20.8. The fourth-order valence-electron chi connectivity index (χ4n) is 1.65. The van der Waals surface area contributed by atoms with Crippen molar-refractivity contribution >= 4 is 23.2 Å². The van der Waals surface area contributed by atoms with E-state index in [0.717, 1.165) is 11.3 Å². The van der Waals surface area contributed by atoms with Crippen molar-refractivity contribution in [2.75, 3.05) is 0 Å². The van der Waals surface area contributed by atoms with Gasteiger partial charge in [-0.3, -0.25) is 4.79 Å². The lowest BCUT2D eigenvalue weighted by Crippen LogP contribution is -2.31. The van der Waals surface area contributed by atoms with Gasteiger partial charge in [-0.25, -0.2) is 5.43 Å². The second kappa shape index (κ2) is 4.03. The zero-order valence-electron chi connectivity index (χ0n) is 8.33. The molecule has 0 bridgehead atoms. The van der Waals surface area contributed by atoms with Crippen LogP contribution in [0.2, 0.25) is 5.02 Å². The largest absolute Gasteiger partial charge is 0.273 e. The number of halogens is 1. The minimum atomic E-state index is -0.0340. The molecule has 0 fully saturated rings. The van der Waals surface area contributed by atoms with Crippen LogP contribution in [-0.2, 0) is 4.79 Å². The number of carbonyl (C=O) groups excluding carboxylic acids is 1. The number of benzene rings is 1. The number of nitrogens with one attached hydrogen (secondary N) is 1. The lowest BCUT2D eigenvalue weighted by atomic mass is 9.94. The molecule has 1 aliphatic heterocycles. The Balaban J connectivity index is 2.35. The highest BCUT2D eigenvalue weighted by molar-refractivity contribution is 6.31. The van der Waals surface area contributed by atoms with Crippen LogP contribution in [0.4, 0.5) is 0 Å². The Morgan fingerprint density at radius 1 is 1.53 bits per heavy atom. The first kappa shape index (κ1) is 10.2. The molecular formula is C11H11ClN2O. The maximum absolute atomic E-state index is 11.1. The van der Waals surface area contributed by atoms with Crippen molar-refractivity contribution in [3.05, 3.63) is 34.9 Å². The minimum absolute atomic E-state index is 0.0340. The second-order valence-electron chi connectivity index (χ2n) is 3.65. The summed E-state index contributed by atoms with van der Waals surface area (Å²) >= 11 is 5.90. The van der Waals surface area contributed by atoms with E-state index >= 15 is 0 Å². The van der Waals surface area contributed by atoms with Crippen LogP contribution in [0.5, 0.6) is 0 Å². The first-order valence-corrected chi connectivity index (χ1v) is 5.17. The van der Waals surface area contributed by atoms with Crippen LogP contribution in [-0.4, -0.2) is 11.6 Å². The second-order valence-corrected chi connectivity index (χ2v) is 4.08. The van der Waals surface area contributed by atoms with Gasteiger partial charge < -0.3 is 0 Å². The van der Waals surface area contributed by atoms with Crippen molar-refractivity contribution in [1.29, 1.82) is 0 Å². The summed E-state index contributed by atoms with van der Waals surface area (Å²) in [6.07, 6.45) is 0.478. The predicted octanol–water partition coefficient (Wildman–Crippen LogP) is 2.20. The SMILES string of the molecule is CC1CC(=O)NN=C1c1cccc(Cl)c1. The van der Waals surface area contributed by atoms with E-state index in [-0.39, 0.29) is 11.8 Å². The van der Waals surface area contributed by atoms with Gasteiger partial charge in [0.25, 0.3) is 0 Å². The summed E-state index contributed by atoms with van der Waals surface area (Å²) in [4.78, 5) is 11.1. The third-order valence-electron chi connectivity index (χ3n) is 2.38. The molecule has 0 saturated heterocycles. The molecule has 1 atom stereocenters. The molecule has 0 saturated carbocycles. The first-order chi connectivity index (χ1) is 7.16. The molecule has 1 aromatic rings. The van der Waals surface area contributed by atoms with E-state index in [2.05, 4.69) is 10.5 Å². The van der Waals surface area contributed by atoms with Gasteiger partial charge in [0.05, 0.1) is 5.71 Å². The molecular weight excluding hydrogens is 212 g/mol. The van der Waals surface area contributed by atoms with E-state index in [0.29, 0.717) is 11.4 Å². The number of hydrazone groups is 1. The summed E-state index contributed by atoms with van der Waals surface area (Å²) in [7, 11) is 0. The van der Waals surface area contributed by atoms with E-state index in [1.54, 1.807) is 0 Å². The quantitative estimate of drug-likeness (QED) is 0.778. The molecule has 0 spiro atoms. The summed E-state index contributed by atoms with van der Waals surface area (Å²) in [6, 6.07) is 7.49. The average molecular weight is 223 g/mol. The summed E-state index contributed by atoms with van der Waals surface area (Å²) in [5, 5.41) is 4.74. The van der Waals surface area contributed by atoms with Crippen molar-refractivity contribution in [2.24, 2.45) is 11.0 Å². The van der Waals surface area contributed by atoms with Gasteiger partial charge in [-0.15, -0.1) is 0 Å². The molecule has 1 heterocycles. The number of hydrogen-bond donors (Lipinski definition) is 1. The summed E-state index contributed by atoms with van der Waals surface area (Å²) < 4.78 is 0. The molecule has 1 aliphatic rings. The molecule has 0 aliphatic carbocycles. The van der Waals surface area contributed by atoms with Gasteiger partial charge in [-0.05, 0) is 17.7 Å². The van der Waals surface area contributed by atoms with Gasteiger partial charge >= 0.3 is 0 Å². The molecule has 1 amide bonds. The van der Waals surface area contributed by atoms with Crippen molar-refractivity contribution in [3.8, 4) is 0 Å². The molecule has 4 heteroatoms. The molecule has 15 heavy (non-hydrogen) atoms. The minimum Gasteiger partial charge on any atom is -0.273 e. The summed E-state index contributed by atoms with van der Waals surface area (Å²) in [6.45, 7) is 1.98. The fraction of sp³-hybridized carbons (Fsp3) is 0.273. The molecule has 0 radical (unpaired) electrons. The Morgan fingerprint density at radius 3 is 3.00 bits per heavy atom. The topological polar surface area (TPSA) is 41.5 Å². The predicted molar refractivity (Wildman–Crippen MR) is 59.9 cm³/mol. The van der Waals surface area contributed by atoms with Crippen molar-refractivity contribution in [2.45, 2.75) is 13.3 Å². The molecule has 1 N–H and O–H groups in total. The Bertz CT molecular complexity index is 428. The highest BCUT2D eigenvalue weighted by Crippen LogP contribution is 2.19. The van der Waals surface area contributed by atoms with Gasteiger partial charge in [0.1, 0.15) is 0 Å². The molecule has 3 nitrogen and oxygen atoms in total. The summed E-state index contributed by atoms with van der Waals surface area (Å²) in [5.41, 5.74) is 4.34. The van der Waals surface area contributed by atoms with Gasteiger partial charge in [0.2, 0.25) is 5.91 Å². The van der Waals surface area contributed by atoms with Gasteiger partial charge in [0, 0.05) is 17.4 Å².